The van der Waals surface area contributed by atoms with Crippen LogP contribution in [-0.2, 0) is 13.7 Å². The SMILES string of the molecule is Cc1ccc(OCc2c(C(=O)NC(C)c3cnn(C)c3C)noc2C)c(C)c1. The molecule has 1 unspecified atom stereocenters. The fourth-order valence-corrected chi connectivity index (χ4v) is 3.13. The molecule has 1 aromatic carbocycles. The van der Waals surface area contributed by atoms with Gasteiger partial charge in [0.15, 0.2) is 5.69 Å². The Bertz CT molecular complexity index is 1000. The second-order valence-electron chi connectivity index (χ2n) is 7.13. The molecule has 0 spiro atoms. The van der Waals surface area contributed by atoms with E-state index < -0.39 is 0 Å². The molecule has 7 nitrogen and oxygen atoms in total. The first-order valence-corrected chi connectivity index (χ1v) is 9.22. The molecule has 3 aromatic rings. The normalized spacial score (nSPS) is 12.1. The molecule has 0 bridgehead atoms. The van der Waals surface area contributed by atoms with Crippen LogP contribution in [0.15, 0.2) is 28.9 Å². The highest BCUT2D eigenvalue weighted by Gasteiger charge is 2.23. The van der Waals surface area contributed by atoms with Gasteiger partial charge in [-0.15, -0.1) is 0 Å². The number of nitrogens with zero attached hydrogens (tertiary/aromatic N) is 3. The third kappa shape index (κ3) is 3.93. The number of carbonyl (C=O) groups excluding carboxylic acids is 1. The quantitative estimate of drug-likeness (QED) is 0.703. The minimum Gasteiger partial charge on any atom is -0.488 e. The van der Waals surface area contributed by atoms with Crippen molar-refractivity contribution in [2.24, 2.45) is 7.05 Å². The Morgan fingerprint density at radius 3 is 2.68 bits per heavy atom. The molecule has 0 aliphatic heterocycles. The predicted octanol–water partition coefficient (Wildman–Crippen LogP) is 3.71. The van der Waals surface area contributed by atoms with Gasteiger partial charge in [0, 0.05) is 18.3 Å². The Labute approximate surface area is 164 Å². The van der Waals surface area contributed by atoms with Gasteiger partial charge in [0.05, 0.1) is 17.8 Å². The molecular formula is C21H26N4O3. The monoisotopic (exact) mass is 382 g/mol. The molecule has 2 aromatic heterocycles. The molecule has 1 amide bonds. The highest BCUT2D eigenvalue weighted by Crippen LogP contribution is 2.23. The average molecular weight is 382 g/mol. The lowest BCUT2D eigenvalue weighted by molar-refractivity contribution is 0.0928. The number of aryl methyl sites for hydroxylation is 4. The zero-order chi connectivity index (χ0) is 20.4. The lowest BCUT2D eigenvalue weighted by atomic mass is 10.1. The maximum atomic E-state index is 12.8. The van der Waals surface area contributed by atoms with E-state index in [0.29, 0.717) is 11.3 Å². The van der Waals surface area contributed by atoms with E-state index in [-0.39, 0.29) is 24.2 Å². The molecule has 0 aliphatic carbocycles. The number of hydrogen-bond acceptors (Lipinski definition) is 5. The third-order valence-corrected chi connectivity index (χ3v) is 4.99. The molecule has 0 saturated carbocycles. The van der Waals surface area contributed by atoms with Crippen molar-refractivity contribution in [2.75, 3.05) is 0 Å². The molecule has 1 N–H and O–H groups in total. The minimum absolute atomic E-state index is 0.202. The summed E-state index contributed by atoms with van der Waals surface area (Å²) in [6.07, 6.45) is 1.76. The van der Waals surface area contributed by atoms with E-state index >= 15 is 0 Å². The van der Waals surface area contributed by atoms with Crippen molar-refractivity contribution in [3.8, 4) is 5.75 Å². The van der Waals surface area contributed by atoms with Crippen molar-refractivity contribution in [3.63, 3.8) is 0 Å². The largest absolute Gasteiger partial charge is 0.488 e. The number of nitrogens with one attached hydrogen (secondary N) is 1. The summed E-state index contributed by atoms with van der Waals surface area (Å²) < 4.78 is 13.0. The van der Waals surface area contributed by atoms with Gasteiger partial charge in [0.2, 0.25) is 0 Å². The van der Waals surface area contributed by atoms with Crippen LogP contribution in [0.4, 0.5) is 0 Å². The standard InChI is InChI=1S/C21H26N4O3/c1-12-7-8-19(13(2)9-12)27-11-18-16(5)28-24-20(18)21(26)23-14(3)17-10-22-25(6)15(17)4/h7-10,14H,11H2,1-6H3,(H,23,26). The van der Waals surface area contributed by atoms with Crippen LogP contribution in [0.5, 0.6) is 5.75 Å². The van der Waals surface area contributed by atoms with Crippen molar-refractivity contribution in [3.05, 3.63) is 63.8 Å². The first-order valence-electron chi connectivity index (χ1n) is 9.22. The van der Waals surface area contributed by atoms with Crippen molar-refractivity contribution in [2.45, 2.75) is 47.3 Å². The van der Waals surface area contributed by atoms with E-state index in [0.717, 1.165) is 22.6 Å². The Morgan fingerprint density at radius 2 is 2.04 bits per heavy atom. The zero-order valence-electron chi connectivity index (χ0n) is 17.2. The number of aromatic nitrogens is 3. The molecule has 0 radical (unpaired) electrons. The van der Waals surface area contributed by atoms with Gasteiger partial charge in [-0.25, -0.2) is 0 Å². The maximum absolute atomic E-state index is 12.8. The maximum Gasteiger partial charge on any atom is 0.274 e. The lowest BCUT2D eigenvalue weighted by Gasteiger charge is -2.14. The molecule has 28 heavy (non-hydrogen) atoms. The van der Waals surface area contributed by atoms with Crippen LogP contribution in [0.3, 0.4) is 0 Å². The van der Waals surface area contributed by atoms with Crippen LogP contribution in [0.25, 0.3) is 0 Å². The second kappa shape index (κ2) is 7.88. The first-order chi connectivity index (χ1) is 13.3. The van der Waals surface area contributed by atoms with E-state index in [2.05, 4.69) is 21.6 Å². The van der Waals surface area contributed by atoms with E-state index in [9.17, 15) is 4.79 Å². The first kappa shape index (κ1) is 19.7. The van der Waals surface area contributed by atoms with Crippen molar-refractivity contribution in [1.29, 1.82) is 0 Å². The van der Waals surface area contributed by atoms with E-state index in [4.69, 9.17) is 9.26 Å². The summed E-state index contributed by atoms with van der Waals surface area (Å²) in [6, 6.07) is 5.78. The van der Waals surface area contributed by atoms with Gasteiger partial charge in [-0.05, 0) is 46.2 Å². The summed E-state index contributed by atoms with van der Waals surface area (Å²) in [7, 11) is 1.87. The van der Waals surface area contributed by atoms with Crippen LogP contribution < -0.4 is 10.1 Å². The van der Waals surface area contributed by atoms with Gasteiger partial charge in [-0.1, -0.05) is 22.9 Å². The molecule has 7 heteroatoms. The summed E-state index contributed by atoms with van der Waals surface area (Å²) in [5.41, 5.74) is 5.07. The van der Waals surface area contributed by atoms with Gasteiger partial charge < -0.3 is 14.6 Å². The van der Waals surface area contributed by atoms with Gasteiger partial charge >= 0.3 is 0 Å². The summed E-state index contributed by atoms with van der Waals surface area (Å²) in [5, 5.41) is 11.1. The van der Waals surface area contributed by atoms with E-state index in [1.165, 1.54) is 5.56 Å². The number of ether oxygens (including phenoxy) is 1. The van der Waals surface area contributed by atoms with Gasteiger partial charge in [0.25, 0.3) is 5.91 Å². The average Bonchev–Trinajstić information content (AvgIpc) is 3.17. The fraction of sp³-hybridized carbons (Fsp3) is 0.381. The Hall–Kier alpha value is -3.09. The van der Waals surface area contributed by atoms with Crippen LogP contribution >= 0.6 is 0 Å². The topological polar surface area (TPSA) is 82.2 Å². The lowest BCUT2D eigenvalue weighted by Crippen LogP contribution is -2.28. The molecule has 3 rings (SSSR count). The number of amides is 1. The fourth-order valence-electron chi connectivity index (χ4n) is 3.13. The Balaban J connectivity index is 1.74. The third-order valence-electron chi connectivity index (χ3n) is 4.99. The number of hydrogen-bond donors (Lipinski definition) is 1. The molecule has 0 fully saturated rings. The van der Waals surface area contributed by atoms with Crippen LogP contribution in [0, 0.1) is 27.7 Å². The van der Waals surface area contributed by atoms with E-state index in [1.54, 1.807) is 17.8 Å². The molecule has 0 aliphatic rings. The highest BCUT2D eigenvalue weighted by atomic mass is 16.5. The number of rotatable bonds is 6. The van der Waals surface area contributed by atoms with Crippen LogP contribution in [0.1, 0.15) is 57.2 Å². The van der Waals surface area contributed by atoms with Gasteiger partial charge in [-0.3, -0.25) is 9.48 Å². The summed E-state index contributed by atoms with van der Waals surface area (Å²) >= 11 is 0. The summed E-state index contributed by atoms with van der Waals surface area (Å²) in [6.45, 7) is 9.90. The smallest absolute Gasteiger partial charge is 0.274 e. The summed E-state index contributed by atoms with van der Waals surface area (Å²) in [5.74, 6) is 1.05. The molecular weight excluding hydrogens is 356 g/mol. The van der Waals surface area contributed by atoms with Crippen molar-refractivity contribution < 1.29 is 14.1 Å². The summed E-state index contributed by atoms with van der Waals surface area (Å²) in [4.78, 5) is 12.8. The van der Waals surface area contributed by atoms with Crippen LogP contribution in [0.2, 0.25) is 0 Å². The predicted molar refractivity (Wildman–Crippen MR) is 105 cm³/mol. The van der Waals surface area contributed by atoms with Crippen molar-refractivity contribution >= 4 is 5.91 Å². The molecule has 1 atom stereocenters. The van der Waals surface area contributed by atoms with Crippen molar-refractivity contribution in [1.82, 2.24) is 20.3 Å². The highest BCUT2D eigenvalue weighted by molar-refractivity contribution is 5.94. The Morgan fingerprint density at radius 1 is 1.29 bits per heavy atom. The minimum atomic E-state index is -0.299. The molecule has 0 saturated heterocycles. The number of carbonyl (C=O) groups is 1. The van der Waals surface area contributed by atoms with Crippen LogP contribution in [-0.4, -0.2) is 20.8 Å². The Kier molecular flexibility index (Phi) is 5.53. The zero-order valence-corrected chi connectivity index (χ0v) is 17.2. The van der Waals surface area contributed by atoms with Gasteiger partial charge in [0.1, 0.15) is 18.1 Å². The number of benzene rings is 1. The van der Waals surface area contributed by atoms with E-state index in [1.807, 2.05) is 46.9 Å². The molecule has 148 valence electrons. The molecule has 2 heterocycles. The van der Waals surface area contributed by atoms with Gasteiger partial charge in [-0.2, -0.15) is 5.10 Å². The second-order valence-corrected chi connectivity index (χ2v) is 7.13.